The molecule has 0 aliphatic heterocycles. The number of fused-ring (bicyclic) bond motifs is 1. The maximum Gasteiger partial charge on any atom is 0.344 e. The average molecular weight is 350 g/mol. The zero-order chi connectivity index (χ0) is 18.7. The Morgan fingerprint density at radius 3 is 2.23 bits per heavy atom. The number of Topliss-reactive ketones (excluding diaryl/α,β-unsaturated/α-hetero) is 1. The first kappa shape index (κ1) is 17.5. The second-order valence-electron chi connectivity index (χ2n) is 5.68. The molecule has 3 aromatic rings. The minimum absolute atomic E-state index is 0.103. The third kappa shape index (κ3) is 3.24. The van der Waals surface area contributed by atoms with Gasteiger partial charge in [-0.25, -0.2) is 4.79 Å². The van der Waals surface area contributed by atoms with Crippen molar-refractivity contribution in [3.05, 3.63) is 65.7 Å². The van der Waals surface area contributed by atoms with Crippen molar-refractivity contribution in [1.82, 2.24) is 0 Å². The van der Waals surface area contributed by atoms with Gasteiger partial charge in [-0.05, 0) is 23.8 Å². The molecule has 0 unspecified atom stereocenters. The second kappa shape index (κ2) is 7.27. The van der Waals surface area contributed by atoms with Crippen LogP contribution >= 0.6 is 0 Å². The Kier molecular flexibility index (Phi) is 4.89. The molecule has 0 heterocycles. The van der Waals surface area contributed by atoms with Crippen LogP contribution in [0.5, 0.6) is 17.2 Å². The molecule has 0 spiro atoms. The van der Waals surface area contributed by atoms with Crippen LogP contribution in [0.3, 0.4) is 0 Å². The number of rotatable bonds is 5. The maximum absolute atomic E-state index is 12.8. The van der Waals surface area contributed by atoms with E-state index in [1.54, 1.807) is 18.2 Å². The molecular formula is C21H18O5. The molecule has 0 aliphatic carbocycles. The Hall–Kier alpha value is -3.34. The molecule has 0 bridgehead atoms. The molecule has 3 aromatic carbocycles. The van der Waals surface area contributed by atoms with E-state index in [4.69, 9.17) is 14.2 Å². The predicted molar refractivity (Wildman–Crippen MR) is 98.5 cm³/mol. The summed E-state index contributed by atoms with van der Waals surface area (Å²) in [6.07, 6.45) is 0. The smallest absolute Gasteiger partial charge is 0.344 e. The fourth-order valence-electron chi connectivity index (χ4n) is 2.83. The van der Waals surface area contributed by atoms with Gasteiger partial charge >= 0.3 is 5.97 Å². The number of ketones is 1. The number of benzene rings is 3. The summed E-state index contributed by atoms with van der Waals surface area (Å²) in [7, 11) is 2.93. The van der Waals surface area contributed by atoms with E-state index in [-0.39, 0.29) is 22.8 Å². The standard InChI is InChI=1S/C21H18O5/c1-13(22)20-18(25-3)11-15(24-2)12-19(20)26-21(23)17-10-6-8-14-7-4-5-9-16(14)17/h4-12H,1-3H3. The highest BCUT2D eigenvalue weighted by Gasteiger charge is 2.21. The van der Waals surface area contributed by atoms with E-state index in [9.17, 15) is 9.59 Å². The average Bonchev–Trinajstić information content (AvgIpc) is 2.66. The first-order chi connectivity index (χ1) is 12.5. The van der Waals surface area contributed by atoms with Crippen molar-refractivity contribution in [2.75, 3.05) is 14.2 Å². The quantitative estimate of drug-likeness (QED) is 0.390. The molecule has 0 saturated carbocycles. The number of methoxy groups -OCH3 is 2. The summed E-state index contributed by atoms with van der Waals surface area (Å²) < 4.78 is 16.0. The molecule has 5 nitrogen and oxygen atoms in total. The number of carbonyl (C=O) groups is 2. The molecule has 0 fully saturated rings. The summed E-state index contributed by atoms with van der Waals surface area (Å²) >= 11 is 0. The van der Waals surface area contributed by atoms with Crippen LogP contribution in [-0.4, -0.2) is 26.0 Å². The second-order valence-corrected chi connectivity index (χ2v) is 5.68. The lowest BCUT2D eigenvalue weighted by atomic mass is 10.0. The van der Waals surface area contributed by atoms with Crippen molar-refractivity contribution in [3.8, 4) is 17.2 Å². The van der Waals surface area contributed by atoms with E-state index >= 15 is 0 Å². The van der Waals surface area contributed by atoms with Crippen LogP contribution in [-0.2, 0) is 0 Å². The molecule has 0 radical (unpaired) electrons. The zero-order valence-electron chi connectivity index (χ0n) is 14.7. The number of hydrogen-bond donors (Lipinski definition) is 0. The fourth-order valence-corrected chi connectivity index (χ4v) is 2.83. The van der Waals surface area contributed by atoms with Crippen LogP contribution in [0.2, 0.25) is 0 Å². The summed E-state index contributed by atoms with van der Waals surface area (Å²) in [5.41, 5.74) is 0.612. The van der Waals surface area contributed by atoms with Gasteiger partial charge in [0.05, 0.1) is 19.8 Å². The molecule has 132 valence electrons. The van der Waals surface area contributed by atoms with Crippen molar-refractivity contribution >= 4 is 22.5 Å². The molecule has 0 aromatic heterocycles. The molecule has 3 rings (SSSR count). The Bertz CT molecular complexity index is 986. The number of esters is 1. The van der Waals surface area contributed by atoms with Crippen LogP contribution in [0.25, 0.3) is 10.8 Å². The molecule has 0 aliphatic rings. The molecule has 0 atom stereocenters. The molecule has 5 heteroatoms. The first-order valence-electron chi connectivity index (χ1n) is 8.02. The van der Waals surface area contributed by atoms with Crippen molar-refractivity contribution < 1.29 is 23.8 Å². The van der Waals surface area contributed by atoms with Crippen LogP contribution in [0.15, 0.2) is 54.6 Å². The summed E-state index contributed by atoms with van der Waals surface area (Å²) in [6.45, 7) is 1.39. The molecule has 0 amide bonds. The highest BCUT2D eigenvalue weighted by Crippen LogP contribution is 2.35. The van der Waals surface area contributed by atoms with E-state index in [1.807, 2.05) is 30.3 Å². The van der Waals surface area contributed by atoms with Gasteiger partial charge in [-0.2, -0.15) is 0 Å². The van der Waals surface area contributed by atoms with E-state index in [0.29, 0.717) is 11.3 Å². The largest absolute Gasteiger partial charge is 0.496 e. The molecular weight excluding hydrogens is 332 g/mol. The van der Waals surface area contributed by atoms with Crippen LogP contribution in [0.4, 0.5) is 0 Å². The SMILES string of the molecule is COc1cc(OC)c(C(C)=O)c(OC(=O)c2cccc3ccccc23)c1. The van der Waals surface area contributed by atoms with Gasteiger partial charge in [0, 0.05) is 12.1 Å². The van der Waals surface area contributed by atoms with E-state index in [0.717, 1.165) is 10.8 Å². The van der Waals surface area contributed by atoms with Crippen molar-refractivity contribution in [2.45, 2.75) is 6.92 Å². The zero-order valence-corrected chi connectivity index (χ0v) is 14.7. The van der Waals surface area contributed by atoms with Crippen LogP contribution in [0, 0.1) is 0 Å². The Labute approximate surface area is 151 Å². The Morgan fingerprint density at radius 1 is 0.846 bits per heavy atom. The normalized spacial score (nSPS) is 10.4. The summed E-state index contributed by atoms with van der Waals surface area (Å²) in [5, 5.41) is 1.70. The topological polar surface area (TPSA) is 61.8 Å². The molecule has 0 saturated heterocycles. The lowest BCUT2D eigenvalue weighted by Crippen LogP contribution is -2.12. The third-order valence-corrected chi connectivity index (χ3v) is 4.06. The van der Waals surface area contributed by atoms with Gasteiger partial charge in [-0.1, -0.05) is 36.4 Å². The first-order valence-corrected chi connectivity index (χ1v) is 8.02. The highest BCUT2D eigenvalue weighted by molar-refractivity contribution is 6.06. The van der Waals surface area contributed by atoms with Gasteiger partial charge < -0.3 is 14.2 Å². The third-order valence-electron chi connectivity index (χ3n) is 4.06. The minimum Gasteiger partial charge on any atom is -0.496 e. The number of hydrogen-bond acceptors (Lipinski definition) is 5. The van der Waals surface area contributed by atoms with Gasteiger partial charge in [-0.3, -0.25) is 4.79 Å². The Morgan fingerprint density at radius 2 is 1.54 bits per heavy atom. The monoisotopic (exact) mass is 350 g/mol. The molecule has 26 heavy (non-hydrogen) atoms. The Balaban J connectivity index is 2.07. The molecule has 0 N–H and O–H groups in total. The van der Waals surface area contributed by atoms with Crippen molar-refractivity contribution in [2.24, 2.45) is 0 Å². The van der Waals surface area contributed by atoms with Crippen LogP contribution in [0.1, 0.15) is 27.6 Å². The van der Waals surface area contributed by atoms with Gasteiger partial charge in [0.2, 0.25) is 0 Å². The number of ether oxygens (including phenoxy) is 3. The summed E-state index contributed by atoms with van der Waals surface area (Å²) in [5.74, 6) is -0.0124. The summed E-state index contributed by atoms with van der Waals surface area (Å²) in [6, 6.07) is 16.0. The van der Waals surface area contributed by atoms with Gasteiger partial charge in [0.25, 0.3) is 0 Å². The fraction of sp³-hybridized carbons (Fsp3) is 0.143. The minimum atomic E-state index is -0.556. The van der Waals surface area contributed by atoms with E-state index in [2.05, 4.69) is 0 Å². The van der Waals surface area contributed by atoms with Crippen LogP contribution < -0.4 is 14.2 Å². The summed E-state index contributed by atoms with van der Waals surface area (Å²) in [4.78, 5) is 24.9. The lowest BCUT2D eigenvalue weighted by Gasteiger charge is -2.14. The van der Waals surface area contributed by atoms with Crippen molar-refractivity contribution in [3.63, 3.8) is 0 Å². The number of carbonyl (C=O) groups excluding carboxylic acids is 2. The van der Waals surface area contributed by atoms with Gasteiger partial charge in [0.15, 0.2) is 5.78 Å². The maximum atomic E-state index is 12.8. The predicted octanol–water partition coefficient (Wildman–Crippen LogP) is 4.28. The highest BCUT2D eigenvalue weighted by atomic mass is 16.5. The van der Waals surface area contributed by atoms with E-state index in [1.165, 1.54) is 27.2 Å². The van der Waals surface area contributed by atoms with E-state index < -0.39 is 5.97 Å². The lowest BCUT2D eigenvalue weighted by molar-refractivity contribution is 0.0734. The van der Waals surface area contributed by atoms with Gasteiger partial charge in [0.1, 0.15) is 22.8 Å². The van der Waals surface area contributed by atoms with Crippen molar-refractivity contribution in [1.29, 1.82) is 0 Å². The van der Waals surface area contributed by atoms with Gasteiger partial charge in [-0.15, -0.1) is 0 Å².